The Kier molecular flexibility index (Phi) is 8.31. The van der Waals surface area contributed by atoms with Gasteiger partial charge in [-0.05, 0) is 47.0 Å². The van der Waals surface area contributed by atoms with Crippen molar-refractivity contribution in [2.45, 2.75) is 64.7 Å². The highest BCUT2D eigenvalue weighted by molar-refractivity contribution is 5.79. The maximum Gasteiger partial charge on any atom is 0.410 e. The molecule has 1 rings (SSSR count). The van der Waals surface area contributed by atoms with Crippen LogP contribution in [-0.4, -0.2) is 68.5 Å². The molecule has 0 aromatic rings. The standard InChI is InChI=1S/C17H34N4O3/c1-13(21(6)16(22)24-17(2,3)4)9-10-19-15(18-5)20-12-14-8-7-11-23-14/h13-14H,7-12H2,1-6H3,(H2,18,19,20). The van der Waals surface area contributed by atoms with E-state index >= 15 is 0 Å². The maximum atomic E-state index is 12.0. The predicted molar refractivity (Wildman–Crippen MR) is 96.4 cm³/mol. The number of hydrogen-bond donors (Lipinski definition) is 2. The summed E-state index contributed by atoms with van der Waals surface area (Å²) >= 11 is 0. The molecule has 0 aromatic carbocycles. The molecule has 24 heavy (non-hydrogen) atoms. The lowest BCUT2D eigenvalue weighted by atomic mass is 10.2. The Labute approximate surface area is 146 Å². The molecular formula is C17H34N4O3. The summed E-state index contributed by atoms with van der Waals surface area (Å²) in [6, 6.07) is 0.0728. The van der Waals surface area contributed by atoms with Crippen molar-refractivity contribution in [2.75, 3.05) is 33.8 Å². The summed E-state index contributed by atoms with van der Waals surface area (Å²) in [4.78, 5) is 17.9. The average molecular weight is 342 g/mol. The molecule has 1 saturated heterocycles. The second-order valence-electron chi connectivity index (χ2n) is 7.24. The lowest BCUT2D eigenvalue weighted by molar-refractivity contribution is 0.0230. The highest BCUT2D eigenvalue weighted by Gasteiger charge is 2.22. The van der Waals surface area contributed by atoms with Crippen LogP contribution in [0.15, 0.2) is 4.99 Å². The summed E-state index contributed by atoms with van der Waals surface area (Å²) in [5, 5.41) is 6.55. The molecule has 1 heterocycles. The monoisotopic (exact) mass is 342 g/mol. The van der Waals surface area contributed by atoms with Crippen LogP contribution >= 0.6 is 0 Å². The Bertz CT molecular complexity index is 415. The largest absolute Gasteiger partial charge is 0.444 e. The van der Waals surface area contributed by atoms with Crippen molar-refractivity contribution in [1.29, 1.82) is 0 Å². The molecule has 1 aliphatic heterocycles. The van der Waals surface area contributed by atoms with Crippen molar-refractivity contribution in [1.82, 2.24) is 15.5 Å². The van der Waals surface area contributed by atoms with Gasteiger partial charge in [0.1, 0.15) is 5.60 Å². The van der Waals surface area contributed by atoms with E-state index in [9.17, 15) is 4.79 Å². The fraction of sp³-hybridized carbons (Fsp3) is 0.882. The zero-order valence-electron chi connectivity index (χ0n) is 16.0. The van der Waals surface area contributed by atoms with Crippen molar-refractivity contribution in [3.63, 3.8) is 0 Å². The lowest BCUT2D eigenvalue weighted by Gasteiger charge is -2.29. The number of amides is 1. The van der Waals surface area contributed by atoms with Gasteiger partial charge in [0, 0.05) is 39.8 Å². The second-order valence-corrected chi connectivity index (χ2v) is 7.24. The molecule has 2 unspecified atom stereocenters. The van der Waals surface area contributed by atoms with Gasteiger partial charge in [0.15, 0.2) is 5.96 Å². The van der Waals surface area contributed by atoms with Crippen molar-refractivity contribution >= 4 is 12.1 Å². The van der Waals surface area contributed by atoms with Crippen LogP contribution in [0.3, 0.4) is 0 Å². The van der Waals surface area contributed by atoms with Gasteiger partial charge in [-0.1, -0.05) is 0 Å². The Hall–Kier alpha value is -1.50. The Balaban J connectivity index is 2.26. The SMILES string of the molecule is CN=C(NCCC(C)N(C)C(=O)OC(C)(C)C)NCC1CCCO1. The van der Waals surface area contributed by atoms with E-state index in [0.29, 0.717) is 0 Å². The van der Waals surface area contributed by atoms with Gasteiger partial charge in [0.2, 0.25) is 0 Å². The van der Waals surface area contributed by atoms with Gasteiger partial charge < -0.3 is 25.0 Å². The summed E-state index contributed by atoms with van der Waals surface area (Å²) in [5.74, 6) is 0.762. The van der Waals surface area contributed by atoms with Crippen LogP contribution in [0.1, 0.15) is 47.0 Å². The van der Waals surface area contributed by atoms with Gasteiger partial charge in [-0.25, -0.2) is 4.79 Å². The van der Waals surface area contributed by atoms with Crippen LogP contribution < -0.4 is 10.6 Å². The summed E-state index contributed by atoms with van der Waals surface area (Å²) in [6.45, 7) is 9.96. The molecule has 1 fully saturated rings. The number of guanidine groups is 1. The number of nitrogens with zero attached hydrogens (tertiary/aromatic N) is 2. The number of nitrogens with one attached hydrogen (secondary N) is 2. The predicted octanol–water partition coefficient (Wildman–Crippen LogP) is 1.98. The van der Waals surface area contributed by atoms with E-state index in [0.717, 1.165) is 44.9 Å². The smallest absolute Gasteiger partial charge is 0.410 e. The minimum Gasteiger partial charge on any atom is -0.444 e. The van der Waals surface area contributed by atoms with Gasteiger partial charge >= 0.3 is 6.09 Å². The molecule has 1 aliphatic rings. The van der Waals surface area contributed by atoms with E-state index < -0.39 is 5.60 Å². The minimum absolute atomic E-state index is 0.0728. The molecule has 7 nitrogen and oxygen atoms in total. The van der Waals surface area contributed by atoms with E-state index in [-0.39, 0.29) is 18.2 Å². The number of hydrogen-bond acceptors (Lipinski definition) is 4. The van der Waals surface area contributed by atoms with Crippen molar-refractivity contribution in [3.05, 3.63) is 0 Å². The molecule has 0 aliphatic carbocycles. The van der Waals surface area contributed by atoms with Crippen molar-refractivity contribution in [3.8, 4) is 0 Å². The van der Waals surface area contributed by atoms with Crippen molar-refractivity contribution in [2.24, 2.45) is 4.99 Å². The fourth-order valence-electron chi connectivity index (χ4n) is 2.34. The zero-order valence-corrected chi connectivity index (χ0v) is 16.0. The molecule has 0 radical (unpaired) electrons. The van der Waals surface area contributed by atoms with E-state index in [4.69, 9.17) is 9.47 Å². The van der Waals surface area contributed by atoms with Crippen LogP contribution in [0.4, 0.5) is 4.79 Å². The van der Waals surface area contributed by atoms with Crippen LogP contribution in [0, 0.1) is 0 Å². The molecule has 140 valence electrons. The van der Waals surface area contributed by atoms with Crippen LogP contribution in [0.2, 0.25) is 0 Å². The van der Waals surface area contributed by atoms with Gasteiger partial charge in [-0.2, -0.15) is 0 Å². The highest BCUT2D eigenvalue weighted by Crippen LogP contribution is 2.12. The van der Waals surface area contributed by atoms with E-state index in [2.05, 4.69) is 15.6 Å². The highest BCUT2D eigenvalue weighted by atomic mass is 16.6. The molecule has 0 saturated carbocycles. The third-order valence-corrected chi connectivity index (χ3v) is 3.94. The summed E-state index contributed by atoms with van der Waals surface area (Å²) < 4.78 is 11.0. The summed E-state index contributed by atoms with van der Waals surface area (Å²) in [7, 11) is 3.52. The number of ether oxygens (including phenoxy) is 2. The molecule has 1 amide bonds. The zero-order chi connectivity index (χ0) is 18.2. The Morgan fingerprint density at radius 2 is 2.12 bits per heavy atom. The average Bonchev–Trinajstić information content (AvgIpc) is 3.01. The molecule has 0 aromatic heterocycles. The van der Waals surface area contributed by atoms with E-state index in [1.807, 2.05) is 27.7 Å². The van der Waals surface area contributed by atoms with Gasteiger partial charge in [0.05, 0.1) is 6.10 Å². The van der Waals surface area contributed by atoms with Crippen LogP contribution in [0.25, 0.3) is 0 Å². The number of carbonyl (C=O) groups excluding carboxylic acids is 1. The minimum atomic E-state index is -0.475. The maximum absolute atomic E-state index is 12.0. The normalized spacial score (nSPS) is 19.8. The fourth-order valence-corrected chi connectivity index (χ4v) is 2.34. The van der Waals surface area contributed by atoms with Crippen LogP contribution in [-0.2, 0) is 9.47 Å². The molecule has 7 heteroatoms. The third-order valence-electron chi connectivity index (χ3n) is 3.94. The Morgan fingerprint density at radius 3 is 2.67 bits per heavy atom. The van der Waals surface area contributed by atoms with E-state index in [1.54, 1.807) is 19.0 Å². The molecule has 2 N–H and O–H groups in total. The first kappa shape index (κ1) is 20.5. The van der Waals surface area contributed by atoms with Crippen LogP contribution in [0.5, 0.6) is 0 Å². The first-order valence-corrected chi connectivity index (χ1v) is 8.75. The quantitative estimate of drug-likeness (QED) is 0.570. The summed E-state index contributed by atoms with van der Waals surface area (Å²) in [6.07, 6.45) is 3.02. The molecular weight excluding hydrogens is 308 g/mol. The van der Waals surface area contributed by atoms with Crippen molar-refractivity contribution < 1.29 is 14.3 Å². The molecule has 0 spiro atoms. The third kappa shape index (κ3) is 7.86. The lowest BCUT2D eigenvalue weighted by Crippen LogP contribution is -2.44. The first-order chi connectivity index (χ1) is 11.2. The number of carbonyl (C=O) groups is 1. The first-order valence-electron chi connectivity index (χ1n) is 8.75. The van der Waals surface area contributed by atoms with Gasteiger partial charge in [-0.3, -0.25) is 4.99 Å². The van der Waals surface area contributed by atoms with Gasteiger partial charge in [-0.15, -0.1) is 0 Å². The molecule has 0 bridgehead atoms. The van der Waals surface area contributed by atoms with E-state index in [1.165, 1.54) is 0 Å². The topological polar surface area (TPSA) is 75.2 Å². The number of rotatable bonds is 6. The van der Waals surface area contributed by atoms with Gasteiger partial charge in [0.25, 0.3) is 0 Å². The number of aliphatic imine (C=N–C) groups is 1. The molecule has 2 atom stereocenters. The summed E-state index contributed by atoms with van der Waals surface area (Å²) in [5.41, 5.74) is -0.475. The Morgan fingerprint density at radius 1 is 1.42 bits per heavy atom. The second kappa shape index (κ2) is 9.71.